The Bertz CT molecular complexity index is 548. The van der Waals surface area contributed by atoms with Gasteiger partial charge in [0.15, 0.2) is 0 Å². The summed E-state index contributed by atoms with van der Waals surface area (Å²) in [5.41, 5.74) is 2.89. The van der Waals surface area contributed by atoms with Crippen molar-refractivity contribution in [2.24, 2.45) is 5.92 Å². The van der Waals surface area contributed by atoms with Crippen molar-refractivity contribution in [2.45, 2.75) is 59.2 Å². The molecule has 0 spiro atoms. The summed E-state index contributed by atoms with van der Waals surface area (Å²) in [7, 11) is 0. The number of rotatable bonds is 3. The minimum absolute atomic E-state index is 0.0778. The summed E-state index contributed by atoms with van der Waals surface area (Å²) in [6.45, 7) is 9.31. The highest BCUT2D eigenvalue weighted by Gasteiger charge is 2.27. The molecule has 1 aliphatic heterocycles. The fourth-order valence-electron chi connectivity index (χ4n) is 3.08. The van der Waals surface area contributed by atoms with Gasteiger partial charge in [-0.05, 0) is 69.6 Å². The van der Waals surface area contributed by atoms with Gasteiger partial charge >= 0.3 is 6.09 Å². The minimum Gasteiger partial charge on any atom is -0.444 e. The second-order valence-corrected chi connectivity index (χ2v) is 7.56. The molecule has 1 N–H and O–H groups in total. The molecule has 128 valence electrons. The van der Waals surface area contributed by atoms with Crippen molar-refractivity contribution in [2.75, 3.05) is 13.1 Å². The molecule has 1 aromatic rings. The van der Waals surface area contributed by atoms with Gasteiger partial charge in [-0.25, -0.2) is 4.79 Å². The zero-order valence-corrected chi connectivity index (χ0v) is 14.8. The van der Waals surface area contributed by atoms with E-state index < -0.39 is 5.60 Å². The van der Waals surface area contributed by atoms with Crippen LogP contribution < -0.4 is 0 Å². The number of amides is 1. The number of benzene rings is 1. The molecule has 0 radical (unpaired) electrons. The summed E-state index contributed by atoms with van der Waals surface area (Å²) in [4.78, 5) is 14.1. The maximum Gasteiger partial charge on any atom is 0.410 e. The summed E-state index contributed by atoms with van der Waals surface area (Å²) in [6.07, 6.45) is 2.87. The molecule has 0 aromatic heterocycles. The molecule has 1 saturated heterocycles. The van der Waals surface area contributed by atoms with Gasteiger partial charge in [0.25, 0.3) is 0 Å². The van der Waals surface area contributed by atoms with Crippen LogP contribution in [-0.4, -0.2) is 34.8 Å². The number of aryl methyl sites for hydroxylation is 1. The van der Waals surface area contributed by atoms with Crippen LogP contribution in [0.2, 0.25) is 0 Å². The quantitative estimate of drug-likeness (QED) is 0.924. The number of hydrogen-bond acceptors (Lipinski definition) is 3. The van der Waals surface area contributed by atoms with Gasteiger partial charge in [-0.3, -0.25) is 0 Å². The number of carbonyl (C=O) groups is 1. The molecule has 0 aliphatic carbocycles. The second-order valence-electron chi connectivity index (χ2n) is 7.56. The average Bonchev–Trinajstić information content (AvgIpc) is 2.48. The fraction of sp³-hybridized carbons (Fsp3) is 0.632. The molecule has 1 fully saturated rings. The van der Waals surface area contributed by atoms with Gasteiger partial charge < -0.3 is 14.7 Å². The Morgan fingerprint density at radius 3 is 2.78 bits per heavy atom. The van der Waals surface area contributed by atoms with Crippen LogP contribution in [0.1, 0.15) is 50.3 Å². The first-order valence-corrected chi connectivity index (χ1v) is 8.45. The van der Waals surface area contributed by atoms with Gasteiger partial charge in [0.1, 0.15) is 5.60 Å². The second kappa shape index (κ2) is 7.35. The van der Waals surface area contributed by atoms with Crippen LogP contribution in [0, 0.1) is 12.8 Å². The number of ether oxygens (including phenoxy) is 1. The Labute approximate surface area is 139 Å². The Morgan fingerprint density at radius 1 is 1.39 bits per heavy atom. The van der Waals surface area contributed by atoms with Crippen molar-refractivity contribution in [3.8, 4) is 0 Å². The number of carbonyl (C=O) groups excluding carboxylic acids is 1. The Hall–Kier alpha value is -1.55. The monoisotopic (exact) mass is 319 g/mol. The molecule has 23 heavy (non-hydrogen) atoms. The number of piperidine rings is 1. The molecule has 2 rings (SSSR count). The molecule has 0 bridgehead atoms. The van der Waals surface area contributed by atoms with E-state index in [0.717, 1.165) is 43.5 Å². The molecule has 1 heterocycles. The molecule has 0 saturated carbocycles. The third-order valence-corrected chi connectivity index (χ3v) is 4.28. The lowest BCUT2D eigenvalue weighted by Crippen LogP contribution is -2.43. The first-order chi connectivity index (χ1) is 10.8. The van der Waals surface area contributed by atoms with Crippen LogP contribution >= 0.6 is 0 Å². The van der Waals surface area contributed by atoms with Crippen LogP contribution in [-0.2, 0) is 17.8 Å². The SMILES string of the molecule is Cc1ccc(CC2CCCN(C(=O)OC(C)(C)C)C2)cc1CO. The molecule has 1 amide bonds. The van der Waals surface area contributed by atoms with E-state index in [2.05, 4.69) is 18.2 Å². The number of nitrogens with zero attached hydrogens (tertiary/aromatic N) is 1. The lowest BCUT2D eigenvalue weighted by molar-refractivity contribution is 0.0166. The highest BCUT2D eigenvalue weighted by Crippen LogP contribution is 2.23. The zero-order chi connectivity index (χ0) is 17.0. The van der Waals surface area contributed by atoms with Crippen molar-refractivity contribution in [1.29, 1.82) is 0 Å². The van der Waals surface area contributed by atoms with E-state index in [1.54, 1.807) is 0 Å². The molecule has 4 nitrogen and oxygen atoms in total. The predicted molar refractivity (Wildman–Crippen MR) is 91.3 cm³/mol. The standard InChI is InChI=1S/C19H29NO3/c1-14-7-8-15(11-17(14)13-21)10-16-6-5-9-20(12-16)18(22)23-19(2,3)4/h7-8,11,16,21H,5-6,9-10,12-13H2,1-4H3. The van der Waals surface area contributed by atoms with E-state index in [1.165, 1.54) is 5.56 Å². The largest absolute Gasteiger partial charge is 0.444 e. The van der Waals surface area contributed by atoms with E-state index in [1.807, 2.05) is 32.6 Å². The van der Waals surface area contributed by atoms with E-state index in [9.17, 15) is 9.90 Å². The Morgan fingerprint density at radius 2 is 2.13 bits per heavy atom. The Balaban J connectivity index is 1.97. The van der Waals surface area contributed by atoms with E-state index >= 15 is 0 Å². The maximum atomic E-state index is 12.2. The number of hydrogen-bond donors (Lipinski definition) is 1. The first-order valence-electron chi connectivity index (χ1n) is 8.45. The smallest absolute Gasteiger partial charge is 0.410 e. The summed E-state index contributed by atoms with van der Waals surface area (Å²) in [6, 6.07) is 6.28. The summed E-state index contributed by atoms with van der Waals surface area (Å²) in [5.74, 6) is 0.450. The molecule has 1 atom stereocenters. The van der Waals surface area contributed by atoms with Crippen molar-refractivity contribution in [1.82, 2.24) is 4.90 Å². The van der Waals surface area contributed by atoms with Gasteiger partial charge in [0.2, 0.25) is 0 Å². The normalized spacial score (nSPS) is 18.8. The summed E-state index contributed by atoms with van der Waals surface area (Å²) >= 11 is 0. The van der Waals surface area contributed by atoms with Crippen LogP contribution in [0.4, 0.5) is 4.79 Å². The van der Waals surface area contributed by atoms with Gasteiger partial charge in [-0.2, -0.15) is 0 Å². The molecule has 4 heteroatoms. The molecular weight excluding hydrogens is 290 g/mol. The van der Waals surface area contributed by atoms with Crippen LogP contribution in [0.15, 0.2) is 18.2 Å². The number of likely N-dealkylation sites (tertiary alicyclic amines) is 1. The summed E-state index contributed by atoms with van der Waals surface area (Å²) < 4.78 is 5.48. The molecule has 1 unspecified atom stereocenters. The highest BCUT2D eigenvalue weighted by molar-refractivity contribution is 5.68. The highest BCUT2D eigenvalue weighted by atomic mass is 16.6. The van der Waals surface area contributed by atoms with Crippen molar-refractivity contribution in [3.63, 3.8) is 0 Å². The van der Waals surface area contributed by atoms with Gasteiger partial charge in [0, 0.05) is 13.1 Å². The molecular formula is C19H29NO3. The lowest BCUT2D eigenvalue weighted by atomic mass is 9.90. The third-order valence-electron chi connectivity index (χ3n) is 4.28. The predicted octanol–water partition coefficient (Wildman–Crippen LogP) is 3.68. The van der Waals surface area contributed by atoms with Crippen LogP contribution in [0.5, 0.6) is 0 Å². The van der Waals surface area contributed by atoms with Gasteiger partial charge in [0.05, 0.1) is 6.61 Å². The minimum atomic E-state index is -0.447. The zero-order valence-electron chi connectivity index (χ0n) is 14.8. The Kier molecular flexibility index (Phi) is 5.69. The topological polar surface area (TPSA) is 49.8 Å². The lowest BCUT2D eigenvalue weighted by Gasteiger charge is -2.34. The first kappa shape index (κ1) is 17.8. The summed E-state index contributed by atoms with van der Waals surface area (Å²) in [5, 5.41) is 9.40. The van der Waals surface area contributed by atoms with Gasteiger partial charge in [-0.1, -0.05) is 18.2 Å². The number of aliphatic hydroxyl groups excluding tert-OH is 1. The van der Waals surface area contributed by atoms with Gasteiger partial charge in [-0.15, -0.1) is 0 Å². The van der Waals surface area contributed by atoms with E-state index in [4.69, 9.17) is 4.74 Å². The maximum absolute atomic E-state index is 12.2. The average molecular weight is 319 g/mol. The van der Waals surface area contributed by atoms with E-state index in [-0.39, 0.29) is 12.7 Å². The van der Waals surface area contributed by atoms with Crippen LogP contribution in [0.3, 0.4) is 0 Å². The fourth-order valence-corrected chi connectivity index (χ4v) is 3.08. The molecule has 1 aliphatic rings. The number of aliphatic hydroxyl groups is 1. The van der Waals surface area contributed by atoms with Crippen molar-refractivity contribution in [3.05, 3.63) is 34.9 Å². The van der Waals surface area contributed by atoms with E-state index in [0.29, 0.717) is 5.92 Å². The third kappa shape index (κ3) is 5.24. The van der Waals surface area contributed by atoms with Crippen LogP contribution in [0.25, 0.3) is 0 Å². The molecule has 1 aromatic carbocycles. The van der Waals surface area contributed by atoms with Crippen molar-refractivity contribution < 1.29 is 14.6 Å². The van der Waals surface area contributed by atoms with Crippen molar-refractivity contribution >= 4 is 6.09 Å².